The fraction of sp³-hybridized carbons (Fsp3) is 0.105. The summed E-state index contributed by atoms with van der Waals surface area (Å²) < 4.78 is 10.0. The number of aryl methyl sites for hydroxylation is 1. The summed E-state index contributed by atoms with van der Waals surface area (Å²) in [6, 6.07) is 17.0. The number of nitrogen functional groups attached to an aromatic ring is 1. The van der Waals surface area contributed by atoms with Crippen LogP contribution in [0.15, 0.2) is 53.1 Å². The van der Waals surface area contributed by atoms with Crippen LogP contribution < -0.4 is 5.73 Å². The van der Waals surface area contributed by atoms with E-state index in [1.165, 1.54) is 0 Å². The summed E-state index contributed by atoms with van der Waals surface area (Å²) in [5.74, 6) is -0.624. The van der Waals surface area contributed by atoms with Crippen LogP contribution in [0.5, 0.6) is 0 Å². The third kappa shape index (κ3) is 3.35. The zero-order chi connectivity index (χ0) is 17.8. The van der Waals surface area contributed by atoms with Gasteiger partial charge in [0, 0.05) is 0 Å². The third-order valence-electron chi connectivity index (χ3n) is 3.78. The largest absolute Gasteiger partial charge is 0.457 e. The number of carbonyl (C=O) groups is 1. The molecular formula is C19H15N3O3. The Morgan fingerprint density at radius 2 is 1.96 bits per heavy atom. The molecule has 0 bridgehead atoms. The lowest BCUT2D eigenvalue weighted by atomic mass is 9.99. The number of benzene rings is 2. The number of carbonyl (C=O) groups excluding carboxylic acids is 1. The average molecular weight is 333 g/mol. The highest BCUT2D eigenvalue weighted by atomic mass is 16.5. The normalized spacial score (nSPS) is 10.2. The standard InChI is InChI=1S/C19H15N3O3/c1-12-17(18(21)25-22-12)19(23)24-11-13-6-8-14(9-7-13)16-5-3-2-4-15(16)10-20/h2-9H,11,21H2,1H3. The van der Waals surface area contributed by atoms with Gasteiger partial charge >= 0.3 is 5.97 Å². The molecule has 0 aliphatic rings. The van der Waals surface area contributed by atoms with Crippen LogP contribution in [0.3, 0.4) is 0 Å². The zero-order valence-electron chi connectivity index (χ0n) is 13.5. The second-order valence-corrected chi connectivity index (χ2v) is 5.44. The van der Waals surface area contributed by atoms with Crippen molar-refractivity contribution in [1.29, 1.82) is 5.26 Å². The molecule has 0 spiro atoms. The van der Waals surface area contributed by atoms with E-state index in [1.807, 2.05) is 42.5 Å². The van der Waals surface area contributed by atoms with E-state index in [0.29, 0.717) is 11.3 Å². The van der Waals surface area contributed by atoms with Gasteiger partial charge in [-0.3, -0.25) is 0 Å². The highest BCUT2D eigenvalue weighted by Crippen LogP contribution is 2.24. The van der Waals surface area contributed by atoms with Crippen molar-refractivity contribution in [3.63, 3.8) is 0 Å². The molecule has 0 aliphatic heterocycles. The molecular weight excluding hydrogens is 318 g/mol. The monoisotopic (exact) mass is 333 g/mol. The second kappa shape index (κ2) is 6.89. The van der Waals surface area contributed by atoms with Crippen LogP contribution in [-0.4, -0.2) is 11.1 Å². The van der Waals surface area contributed by atoms with Gasteiger partial charge in [0.1, 0.15) is 12.2 Å². The van der Waals surface area contributed by atoms with Gasteiger partial charge in [-0.1, -0.05) is 47.6 Å². The minimum absolute atomic E-state index is 0.0500. The number of aromatic nitrogens is 1. The van der Waals surface area contributed by atoms with Crippen LogP contribution in [0.4, 0.5) is 5.88 Å². The van der Waals surface area contributed by atoms with Crippen LogP contribution in [0.25, 0.3) is 11.1 Å². The molecule has 3 aromatic rings. The lowest BCUT2D eigenvalue weighted by Gasteiger charge is -2.07. The van der Waals surface area contributed by atoms with Crippen molar-refractivity contribution in [3.05, 3.63) is 70.9 Å². The molecule has 25 heavy (non-hydrogen) atoms. The van der Waals surface area contributed by atoms with Crippen molar-refractivity contribution in [2.75, 3.05) is 5.73 Å². The molecule has 124 valence electrons. The predicted octanol–water partition coefficient (Wildman–Crippen LogP) is 3.46. The molecule has 2 aromatic carbocycles. The SMILES string of the molecule is Cc1noc(N)c1C(=O)OCc1ccc(-c2ccccc2C#N)cc1. The Hall–Kier alpha value is -3.59. The van der Waals surface area contributed by atoms with E-state index in [0.717, 1.165) is 16.7 Å². The Balaban J connectivity index is 1.71. The van der Waals surface area contributed by atoms with Crippen LogP contribution >= 0.6 is 0 Å². The second-order valence-electron chi connectivity index (χ2n) is 5.44. The van der Waals surface area contributed by atoms with E-state index >= 15 is 0 Å². The molecule has 6 nitrogen and oxygen atoms in total. The first kappa shape index (κ1) is 16.3. The third-order valence-corrected chi connectivity index (χ3v) is 3.78. The Morgan fingerprint density at radius 1 is 1.24 bits per heavy atom. The van der Waals surface area contributed by atoms with Crippen molar-refractivity contribution in [3.8, 4) is 17.2 Å². The van der Waals surface area contributed by atoms with Crippen molar-refractivity contribution < 1.29 is 14.1 Å². The number of hydrogen-bond donors (Lipinski definition) is 1. The first-order chi connectivity index (χ1) is 12.1. The Morgan fingerprint density at radius 3 is 2.60 bits per heavy atom. The van der Waals surface area contributed by atoms with Gasteiger partial charge in [0.15, 0.2) is 0 Å². The molecule has 0 saturated heterocycles. The van der Waals surface area contributed by atoms with E-state index in [-0.39, 0.29) is 18.1 Å². The van der Waals surface area contributed by atoms with Gasteiger partial charge < -0.3 is 15.0 Å². The lowest BCUT2D eigenvalue weighted by Crippen LogP contribution is -2.08. The molecule has 1 aromatic heterocycles. The van der Waals surface area contributed by atoms with Gasteiger partial charge in [0.2, 0.25) is 5.88 Å². The molecule has 0 radical (unpaired) electrons. The molecule has 0 unspecified atom stereocenters. The van der Waals surface area contributed by atoms with Crippen molar-refractivity contribution >= 4 is 11.9 Å². The van der Waals surface area contributed by atoms with Crippen LogP contribution in [0.1, 0.15) is 27.2 Å². The number of nitrogens with two attached hydrogens (primary N) is 1. The topological polar surface area (TPSA) is 102 Å². The smallest absolute Gasteiger partial charge is 0.346 e. The molecule has 0 atom stereocenters. The van der Waals surface area contributed by atoms with Crippen molar-refractivity contribution in [2.45, 2.75) is 13.5 Å². The van der Waals surface area contributed by atoms with Gasteiger partial charge in [-0.05, 0) is 29.7 Å². The highest BCUT2D eigenvalue weighted by molar-refractivity contribution is 5.94. The van der Waals surface area contributed by atoms with Gasteiger partial charge in [0.05, 0.1) is 17.3 Å². The first-order valence-electron chi connectivity index (χ1n) is 7.57. The number of nitriles is 1. The summed E-state index contributed by atoms with van der Waals surface area (Å²) in [6.07, 6.45) is 0. The molecule has 2 N–H and O–H groups in total. The van der Waals surface area contributed by atoms with E-state index < -0.39 is 5.97 Å². The summed E-state index contributed by atoms with van der Waals surface area (Å²) in [7, 11) is 0. The van der Waals surface area contributed by atoms with E-state index in [2.05, 4.69) is 11.2 Å². The van der Waals surface area contributed by atoms with Crippen molar-refractivity contribution in [2.24, 2.45) is 0 Å². The fourth-order valence-corrected chi connectivity index (χ4v) is 2.47. The van der Waals surface area contributed by atoms with E-state index in [1.54, 1.807) is 13.0 Å². The Labute approximate surface area is 144 Å². The average Bonchev–Trinajstić information content (AvgIpc) is 2.98. The summed E-state index contributed by atoms with van der Waals surface area (Å²) in [5.41, 5.74) is 9.33. The molecule has 1 heterocycles. The van der Waals surface area contributed by atoms with Gasteiger partial charge in [-0.15, -0.1) is 0 Å². The van der Waals surface area contributed by atoms with Gasteiger partial charge in [-0.2, -0.15) is 5.26 Å². The first-order valence-corrected chi connectivity index (χ1v) is 7.57. The van der Waals surface area contributed by atoms with Crippen molar-refractivity contribution in [1.82, 2.24) is 5.16 Å². The number of rotatable bonds is 4. The minimum atomic E-state index is -0.574. The number of nitrogens with zero attached hydrogens (tertiary/aromatic N) is 2. The summed E-state index contributed by atoms with van der Waals surface area (Å²) in [6.45, 7) is 1.72. The van der Waals surface area contributed by atoms with Crippen LogP contribution in [0.2, 0.25) is 0 Å². The molecule has 6 heteroatoms. The molecule has 0 aliphatic carbocycles. The Bertz CT molecular complexity index is 933. The number of esters is 1. The van der Waals surface area contributed by atoms with Gasteiger partial charge in [-0.25, -0.2) is 4.79 Å². The summed E-state index contributed by atoms with van der Waals surface area (Å²) in [5, 5.41) is 12.8. The maximum absolute atomic E-state index is 12.1. The highest BCUT2D eigenvalue weighted by Gasteiger charge is 2.19. The summed E-state index contributed by atoms with van der Waals surface area (Å²) >= 11 is 0. The molecule has 0 saturated carbocycles. The lowest BCUT2D eigenvalue weighted by molar-refractivity contribution is 0.0473. The zero-order valence-corrected chi connectivity index (χ0v) is 13.5. The molecule has 0 fully saturated rings. The number of ether oxygens (including phenoxy) is 1. The fourth-order valence-electron chi connectivity index (χ4n) is 2.47. The number of hydrogen-bond acceptors (Lipinski definition) is 6. The minimum Gasteiger partial charge on any atom is -0.457 e. The van der Waals surface area contributed by atoms with Gasteiger partial charge in [0.25, 0.3) is 0 Å². The van der Waals surface area contributed by atoms with E-state index in [9.17, 15) is 10.1 Å². The van der Waals surface area contributed by atoms with Crippen LogP contribution in [-0.2, 0) is 11.3 Å². The van der Waals surface area contributed by atoms with Crippen LogP contribution in [0, 0.1) is 18.3 Å². The molecule has 3 rings (SSSR count). The van der Waals surface area contributed by atoms with E-state index in [4.69, 9.17) is 15.0 Å². The quantitative estimate of drug-likeness (QED) is 0.734. The maximum Gasteiger partial charge on any atom is 0.346 e. The summed E-state index contributed by atoms with van der Waals surface area (Å²) in [4.78, 5) is 12.1. The Kier molecular flexibility index (Phi) is 4.48. The predicted molar refractivity (Wildman–Crippen MR) is 91.4 cm³/mol. The maximum atomic E-state index is 12.1. The molecule has 0 amide bonds. The number of anilines is 1.